The molecule has 2 aliphatic rings. The van der Waals surface area contributed by atoms with Gasteiger partial charge in [0.05, 0.1) is 29.0 Å². The van der Waals surface area contributed by atoms with Crippen molar-refractivity contribution < 1.29 is 19.1 Å². The molecule has 4 rings (SSSR count). The molecule has 2 aromatic rings. The SMILES string of the molecule is Cn1cc(-c2nc(NC3CCCCC3(NC(=O)O)C(C)(C)C)c(F)c3c2C(=O)NC3)cn1. The van der Waals surface area contributed by atoms with E-state index in [1.54, 1.807) is 24.1 Å². The predicted octanol–water partition coefficient (Wildman–Crippen LogP) is 3.27. The van der Waals surface area contributed by atoms with Crippen LogP contribution in [0.4, 0.5) is 15.0 Å². The zero-order chi connectivity index (χ0) is 23.3. The van der Waals surface area contributed by atoms with E-state index in [0.29, 0.717) is 24.1 Å². The fourth-order valence-electron chi connectivity index (χ4n) is 5.09. The molecule has 172 valence electrons. The van der Waals surface area contributed by atoms with E-state index in [-0.39, 0.29) is 35.4 Å². The van der Waals surface area contributed by atoms with Gasteiger partial charge in [0.15, 0.2) is 11.6 Å². The summed E-state index contributed by atoms with van der Waals surface area (Å²) in [4.78, 5) is 28.7. The van der Waals surface area contributed by atoms with Crippen LogP contribution >= 0.6 is 0 Å². The summed E-state index contributed by atoms with van der Waals surface area (Å²) < 4.78 is 17.1. The van der Waals surface area contributed by atoms with E-state index in [2.05, 4.69) is 26.0 Å². The molecule has 1 fully saturated rings. The number of nitrogens with zero attached hydrogens (tertiary/aromatic N) is 3. The largest absolute Gasteiger partial charge is 0.465 e. The molecule has 32 heavy (non-hydrogen) atoms. The molecule has 0 saturated heterocycles. The van der Waals surface area contributed by atoms with Crippen molar-refractivity contribution in [2.24, 2.45) is 12.5 Å². The Morgan fingerprint density at radius 3 is 2.75 bits per heavy atom. The van der Waals surface area contributed by atoms with Crippen LogP contribution < -0.4 is 16.0 Å². The fraction of sp³-hybridized carbons (Fsp3) is 0.545. The normalized spacial score (nSPS) is 22.9. The second-order valence-electron chi connectivity index (χ2n) is 9.66. The third-order valence-corrected chi connectivity index (χ3v) is 6.75. The van der Waals surface area contributed by atoms with E-state index in [0.717, 1.165) is 12.8 Å². The molecule has 9 nitrogen and oxygen atoms in total. The molecule has 0 spiro atoms. The van der Waals surface area contributed by atoms with Crippen LogP contribution in [-0.2, 0) is 13.6 Å². The maximum absolute atomic E-state index is 15.5. The van der Waals surface area contributed by atoms with Gasteiger partial charge in [-0.15, -0.1) is 0 Å². The number of aromatic nitrogens is 3. The van der Waals surface area contributed by atoms with Crippen LogP contribution in [0.1, 0.15) is 62.4 Å². The highest BCUT2D eigenvalue weighted by Crippen LogP contribution is 2.44. The highest BCUT2D eigenvalue weighted by atomic mass is 19.1. The first kappa shape index (κ1) is 22.0. The van der Waals surface area contributed by atoms with Crippen molar-refractivity contribution >= 4 is 17.8 Å². The summed E-state index contributed by atoms with van der Waals surface area (Å²) in [7, 11) is 1.75. The maximum atomic E-state index is 15.5. The Balaban J connectivity index is 1.81. The molecule has 0 radical (unpaired) electrons. The fourth-order valence-corrected chi connectivity index (χ4v) is 5.09. The number of fused-ring (bicyclic) bond motifs is 1. The second kappa shape index (κ2) is 7.75. The summed E-state index contributed by atoms with van der Waals surface area (Å²) >= 11 is 0. The molecular formula is C22H29FN6O3. The number of rotatable bonds is 4. The van der Waals surface area contributed by atoms with Crippen molar-refractivity contribution in [3.63, 3.8) is 0 Å². The topological polar surface area (TPSA) is 121 Å². The van der Waals surface area contributed by atoms with Gasteiger partial charge < -0.3 is 21.1 Å². The lowest BCUT2D eigenvalue weighted by molar-refractivity contribution is 0.0719. The average molecular weight is 445 g/mol. The highest BCUT2D eigenvalue weighted by Gasteiger charge is 2.51. The van der Waals surface area contributed by atoms with Crippen LogP contribution in [0, 0.1) is 11.2 Å². The summed E-state index contributed by atoms with van der Waals surface area (Å²) in [6, 6.07) is -0.376. The first-order chi connectivity index (χ1) is 15.0. The standard InChI is InChI=1S/C22H29FN6O3/c1-21(2,3)22(28-20(31)32)8-6-5-7-14(22)26-18-16(23)13-10-24-19(30)15(13)17(27-18)12-9-25-29(4)11-12/h9,11,14,28H,5-8,10H2,1-4H3,(H,24,30)(H,26,27)(H,31,32). The Bertz CT molecular complexity index is 1080. The second-order valence-corrected chi connectivity index (χ2v) is 9.66. The Labute approximate surface area is 185 Å². The number of pyridine rings is 1. The van der Waals surface area contributed by atoms with Crippen molar-refractivity contribution in [1.82, 2.24) is 25.4 Å². The van der Waals surface area contributed by atoms with Crippen LogP contribution in [0.3, 0.4) is 0 Å². The molecule has 2 aromatic heterocycles. The molecule has 1 aliphatic carbocycles. The van der Waals surface area contributed by atoms with Crippen molar-refractivity contribution in [2.75, 3.05) is 5.32 Å². The van der Waals surface area contributed by atoms with Gasteiger partial charge in [-0.2, -0.15) is 5.10 Å². The number of halogens is 1. The summed E-state index contributed by atoms with van der Waals surface area (Å²) in [6.45, 7) is 6.03. The molecular weight excluding hydrogens is 415 g/mol. The molecule has 2 atom stereocenters. The summed E-state index contributed by atoms with van der Waals surface area (Å²) in [5.41, 5.74) is 0.200. The lowest BCUT2D eigenvalue weighted by atomic mass is 9.63. The van der Waals surface area contributed by atoms with Gasteiger partial charge in [0.2, 0.25) is 0 Å². The van der Waals surface area contributed by atoms with Gasteiger partial charge in [0, 0.05) is 30.9 Å². The smallest absolute Gasteiger partial charge is 0.405 e. The number of hydrogen-bond acceptors (Lipinski definition) is 5. The van der Waals surface area contributed by atoms with Gasteiger partial charge >= 0.3 is 6.09 Å². The number of hydrogen-bond donors (Lipinski definition) is 4. The van der Waals surface area contributed by atoms with Gasteiger partial charge in [0.25, 0.3) is 5.91 Å². The predicted molar refractivity (Wildman–Crippen MR) is 117 cm³/mol. The van der Waals surface area contributed by atoms with E-state index in [1.807, 2.05) is 20.8 Å². The summed E-state index contributed by atoms with van der Waals surface area (Å²) in [5.74, 6) is -0.937. The monoisotopic (exact) mass is 444 g/mol. The van der Waals surface area contributed by atoms with Gasteiger partial charge in [0.1, 0.15) is 0 Å². The van der Waals surface area contributed by atoms with Gasteiger partial charge in [-0.1, -0.05) is 33.6 Å². The number of aryl methyl sites for hydroxylation is 1. The molecule has 10 heteroatoms. The van der Waals surface area contributed by atoms with Gasteiger partial charge in [-0.3, -0.25) is 9.48 Å². The number of anilines is 1. The zero-order valence-corrected chi connectivity index (χ0v) is 18.8. The molecule has 2 amide bonds. The van der Waals surface area contributed by atoms with Crippen molar-refractivity contribution in [3.8, 4) is 11.3 Å². The number of nitrogens with one attached hydrogen (secondary N) is 3. The van der Waals surface area contributed by atoms with Crippen LogP contribution in [0.15, 0.2) is 12.4 Å². The van der Waals surface area contributed by atoms with Crippen LogP contribution in [-0.4, -0.2) is 43.5 Å². The van der Waals surface area contributed by atoms with Gasteiger partial charge in [-0.25, -0.2) is 14.2 Å². The lowest BCUT2D eigenvalue weighted by Gasteiger charge is -2.52. The molecule has 1 aliphatic heterocycles. The zero-order valence-electron chi connectivity index (χ0n) is 18.8. The van der Waals surface area contributed by atoms with E-state index >= 15 is 4.39 Å². The molecule has 3 heterocycles. The quantitative estimate of drug-likeness (QED) is 0.574. The first-order valence-corrected chi connectivity index (χ1v) is 10.8. The van der Waals surface area contributed by atoms with E-state index in [4.69, 9.17) is 0 Å². The Kier molecular flexibility index (Phi) is 5.34. The molecule has 2 unspecified atom stereocenters. The number of carboxylic acid groups (broad SMARTS) is 1. The minimum absolute atomic E-state index is 0.0202. The van der Waals surface area contributed by atoms with E-state index in [1.165, 1.54) is 0 Å². The molecule has 4 N–H and O–H groups in total. The Hall–Kier alpha value is -3.17. The Morgan fingerprint density at radius 2 is 2.12 bits per heavy atom. The highest BCUT2D eigenvalue weighted by molar-refractivity contribution is 6.04. The third kappa shape index (κ3) is 3.57. The third-order valence-electron chi connectivity index (χ3n) is 6.75. The molecule has 0 aromatic carbocycles. The van der Waals surface area contributed by atoms with Crippen LogP contribution in [0.5, 0.6) is 0 Å². The van der Waals surface area contributed by atoms with Crippen LogP contribution in [0.25, 0.3) is 11.3 Å². The van der Waals surface area contributed by atoms with E-state index < -0.39 is 22.9 Å². The minimum atomic E-state index is -1.11. The number of carbonyl (C=O) groups is 2. The van der Waals surface area contributed by atoms with Crippen molar-refractivity contribution in [3.05, 3.63) is 29.3 Å². The van der Waals surface area contributed by atoms with Gasteiger partial charge in [-0.05, 0) is 18.3 Å². The molecule has 1 saturated carbocycles. The number of amides is 2. The first-order valence-electron chi connectivity index (χ1n) is 10.8. The maximum Gasteiger partial charge on any atom is 0.405 e. The minimum Gasteiger partial charge on any atom is -0.465 e. The Morgan fingerprint density at radius 1 is 1.38 bits per heavy atom. The van der Waals surface area contributed by atoms with Crippen molar-refractivity contribution in [1.29, 1.82) is 0 Å². The summed E-state index contributed by atoms with van der Waals surface area (Å²) in [5, 5.41) is 22.4. The number of carbonyl (C=O) groups excluding carboxylic acids is 1. The summed E-state index contributed by atoms with van der Waals surface area (Å²) in [6.07, 6.45) is 5.25. The van der Waals surface area contributed by atoms with Crippen LogP contribution in [0.2, 0.25) is 0 Å². The molecule has 0 bridgehead atoms. The van der Waals surface area contributed by atoms with Crippen molar-refractivity contribution in [2.45, 2.75) is 64.6 Å². The van der Waals surface area contributed by atoms with E-state index in [9.17, 15) is 14.7 Å². The average Bonchev–Trinajstić information content (AvgIpc) is 3.30. The lowest BCUT2D eigenvalue weighted by Crippen LogP contribution is -2.67.